The van der Waals surface area contributed by atoms with Crippen LogP contribution in [-0.2, 0) is 16.0 Å². The smallest absolute Gasteiger partial charge is 0.410 e. The van der Waals surface area contributed by atoms with Gasteiger partial charge in [0, 0.05) is 18.5 Å². The van der Waals surface area contributed by atoms with Crippen LogP contribution >= 0.6 is 11.9 Å². The molecule has 2 unspecified atom stereocenters. The first-order valence-electron chi connectivity index (χ1n) is 9.50. The van der Waals surface area contributed by atoms with Crippen molar-refractivity contribution in [2.24, 2.45) is 11.8 Å². The molecule has 6 nitrogen and oxygen atoms in total. The van der Waals surface area contributed by atoms with E-state index in [0.717, 1.165) is 10.5 Å². The molecule has 0 radical (unpaired) electrons. The Hall–Kier alpha value is -1.73. The summed E-state index contributed by atoms with van der Waals surface area (Å²) < 4.78 is 7.35. The van der Waals surface area contributed by atoms with Gasteiger partial charge >= 0.3 is 12.1 Å². The molecular formula is C21H34N2O4S. The molecule has 7 heteroatoms. The second kappa shape index (κ2) is 10.7. The Balaban J connectivity index is 2.70. The first-order valence-corrected chi connectivity index (χ1v) is 10.3. The van der Waals surface area contributed by atoms with Crippen LogP contribution in [0.4, 0.5) is 4.79 Å². The summed E-state index contributed by atoms with van der Waals surface area (Å²) in [7, 11) is 5.62. The lowest BCUT2D eigenvalue weighted by Gasteiger charge is -2.26. The number of aliphatic carboxylic acids is 1. The van der Waals surface area contributed by atoms with Gasteiger partial charge in [-0.2, -0.15) is 0 Å². The van der Waals surface area contributed by atoms with E-state index >= 15 is 0 Å². The maximum absolute atomic E-state index is 12.1. The summed E-state index contributed by atoms with van der Waals surface area (Å²) in [5.74, 6) is -1.39. The van der Waals surface area contributed by atoms with Gasteiger partial charge in [0.15, 0.2) is 0 Å². The zero-order chi connectivity index (χ0) is 21.5. The second-order valence-electron chi connectivity index (χ2n) is 8.37. The third-order valence-electron chi connectivity index (χ3n) is 4.27. The number of carboxylic acid groups (broad SMARTS) is 1. The molecule has 0 saturated carbocycles. The van der Waals surface area contributed by atoms with E-state index in [9.17, 15) is 14.7 Å². The number of amides is 1. The van der Waals surface area contributed by atoms with Crippen LogP contribution in [0.2, 0.25) is 0 Å². The lowest BCUT2D eigenvalue weighted by Crippen LogP contribution is -2.36. The molecule has 0 saturated heterocycles. The van der Waals surface area contributed by atoms with Gasteiger partial charge in [0.1, 0.15) is 5.60 Å². The molecule has 2 atom stereocenters. The van der Waals surface area contributed by atoms with E-state index in [-0.39, 0.29) is 12.0 Å². The third-order valence-corrected chi connectivity index (χ3v) is 5.10. The fraction of sp³-hybridized carbons (Fsp3) is 0.619. The number of carbonyl (C=O) groups excluding carboxylic acids is 1. The molecule has 0 fully saturated rings. The molecule has 0 aliphatic rings. The molecule has 1 aromatic carbocycles. The van der Waals surface area contributed by atoms with Gasteiger partial charge < -0.3 is 14.7 Å². The highest BCUT2D eigenvalue weighted by Crippen LogP contribution is 2.25. The molecule has 0 heterocycles. The van der Waals surface area contributed by atoms with Gasteiger partial charge in [0.25, 0.3) is 0 Å². The Morgan fingerprint density at radius 1 is 1.21 bits per heavy atom. The fourth-order valence-electron chi connectivity index (χ4n) is 2.76. The van der Waals surface area contributed by atoms with Crippen LogP contribution in [0.3, 0.4) is 0 Å². The second-order valence-corrected chi connectivity index (χ2v) is 9.75. The van der Waals surface area contributed by atoms with Crippen molar-refractivity contribution in [2.75, 3.05) is 27.7 Å². The van der Waals surface area contributed by atoms with Gasteiger partial charge in [-0.3, -0.25) is 9.10 Å². The minimum atomic E-state index is -0.807. The number of hydrogen-bond donors (Lipinski definition) is 1. The molecular weight excluding hydrogens is 376 g/mol. The van der Waals surface area contributed by atoms with Gasteiger partial charge in [0.2, 0.25) is 0 Å². The van der Waals surface area contributed by atoms with Crippen molar-refractivity contribution in [3.63, 3.8) is 0 Å². The van der Waals surface area contributed by atoms with Crippen molar-refractivity contribution in [3.8, 4) is 0 Å². The van der Waals surface area contributed by atoms with Gasteiger partial charge in [-0.25, -0.2) is 4.79 Å². The Kier molecular flexibility index (Phi) is 9.30. The van der Waals surface area contributed by atoms with Crippen molar-refractivity contribution in [2.45, 2.75) is 51.0 Å². The maximum atomic E-state index is 12.1. The van der Waals surface area contributed by atoms with Gasteiger partial charge in [0.05, 0.1) is 5.92 Å². The monoisotopic (exact) mass is 410 g/mol. The fourth-order valence-corrected chi connectivity index (χ4v) is 3.52. The van der Waals surface area contributed by atoms with E-state index in [1.807, 2.05) is 70.4 Å². The molecule has 1 rings (SSSR count). The zero-order valence-corrected chi connectivity index (χ0v) is 18.9. The van der Waals surface area contributed by atoms with E-state index in [1.54, 1.807) is 19.0 Å². The summed E-state index contributed by atoms with van der Waals surface area (Å²) in [5, 5.41) is 9.73. The number of carboxylic acids is 1. The SMILES string of the molecule is CC(CCN(C)C(=O)OC(C)(C)C)C(Cc1cccc(SN(C)C)c1)C(=O)O. The van der Waals surface area contributed by atoms with Crippen LogP contribution in [0.25, 0.3) is 0 Å². The average molecular weight is 411 g/mol. The summed E-state index contributed by atoms with van der Waals surface area (Å²) in [6, 6.07) is 7.99. The lowest BCUT2D eigenvalue weighted by molar-refractivity contribution is -0.143. The van der Waals surface area contributed by atoms with Gasteiger partial charge in [-0.15, -0.1) is 0 Å². The largest absolute Gasteiger partial charge is 0.481 e. The molecule has 0 aromatic heterocycles. The summed E-state index contributed by atoms with van der Waals surface area (Å²) in [6.45, 7) is 7.86. The lowest BCUT2D eigenvalue weighted by atomic mass is 9.86. The van der Waals surface area contributed by atoms with Crippen molar-refractivity contribution in [1.82, 2.24) is 9.21 Å². The number of carbonyl (C=O) groups is 2. The Morgan fingerprint density at radius 3 is 2.39 bits per heavy atom. The minimum Gasteiger partial charge on any atom is -0.481 e. The first kappa shape index (κ1) is 24.3. The summed E-state index contributed by atoms with van der Waals surface area (Å²) in [4.78, 5) is 26.5. The normalized spacial score (nSPS) is 13.9. The van der Waals surface area contributed by atoms with Crippen molar-refractivity contribution >= 4 is 24.0 Å². The van der Waals surface area contributed by atoms with Gasteiger partial charge in [-0.05, 0) is 83.3 Å². The molecule has 0 aliphatic carbocycles. The van der Waals surface area contributed by atoms with Crippen molar-refractivity contribution in [3.05, 3.63) is 29.8 Å². The molecule has 1 amide bonds. The van der Waals surface area contributed by atoms with Crippen LogP contribution in [0.1, 0.15) is 39.7 Å². The number of rotatable bonds is 9. The molecule has 1 N–H and O–H groups in total. The summed E-state index contributed by atoms with van der Waals surface area (Å²) in [5.41, 5.74) is 0.461. The summed E-state index contributed by atoms with van der Waals surface area (Å²) >= 11 is 1.61. The predicted octanol–water partition coefficient (Wildman–Crippen LogP) is 4.39. The van der Waals surface area contributed by atoms with Crippen molar-refractivity contribution < 1.29 is 19.4 Å². The third kappa shape index (κ3) is 8.97. The topological polar surface area (TPSA) is 70.1 Å². The molecule has 28 heavy (non-hydrogen) atoms. The number of nitrogens with zero attached hydrogens (tertiary/aromatic N) is 2. The van der Waals surface area contributed by atoms with E-state index in [0.29, 0.717) is 19.4 Å². The number of ether oxygens (including phenoxy) is 1. The van der Waals surface area contributed by atoms with Crippen LogP contribution < -0.4 is 0 Å². The van der Waals surface area contributed by atoms with Crippen LogP contribution in [0, 0.1) is 11.8 Å². The van der Waals surface area contributed by atoms with Crippen LogP contribution in [0.15, 0.2) is 29.2 Å². The Morgan fingerprint density at radius 2 is 1.86 bits per heavy atom. The molecule has 0 aliphatic heterocycles. The Bertz CT molecular complexity index is 658. The van der Waals surface area contributed by atoms with Crippen LogP contribution in [0.5, 0.6) is 0 Å². The molecule has 0 spiro atoms. The highest BCUT2D eigenvalue weighted by atomic mass is 32.2. The number of hydrogen-bond acceptors (Lipinski definition) is 5. The quantitative estimate of drug-likeness (QED) is 0.609. The minimum absolute atomic E-state index is 0.0763. The van der Waals surface area contributed by atoms with Gasteiger partial charge in [-0.1, -0.05) is 19.1 Å². The highest BCUT2D eigenvalue weighted by molar-refractivity contribution is 7.97. The maximum Gasteiger partial charge on any atom is 0.410 e. The molecule has 0 bridgehead atoms. The summed E-state index contributed by atoms with van der Waals surface area (Å²) in [6.07, 6.45) is 0.674. The highest BCUT2D eigenvalue weighted by Gasteiger charge is 2.26. The standard InChI is InChI=1S/C21H34N2O4S/c1-15(11-12-23(7)20(26)27-21(2,3)4)18(19(24)25)14-16-9-8-10-17(13-16)28-22(5)6/h8-10,13,15,18H,11-12,14H2,1-7H3,(H,24,25). The first-order chi connectivity index (χ1) is 12.9. The van der Waals surface area contributed by atoms with Crippen molar-refractivity contribution in [1.29, 1.82) is 0 Å². The van der Waals surface area contributed by atoms with Crippen LogP contribution in [-0.4, -0.2) is 59.7 Å². The van der Waals surface area contributed by atoms with E-state index in [2.05, 4.69) is 0 Å². The van der Waals surface area contributed by atoms with E-state index in [4.69, 9.17) is 4.74 Å². The number of benzene rings is 1. The Labute approximate surface area is 173 Å². The molecule has 1 aromatic rings. The molecule has 158 valence electrons. The van der Waals surface area contributed by atoms with E-state index < -0.39 is 17.5 Å². The average Bonchev–Trinajstić information content (AvgIpc) is 2.55. The predicted molar refractivity (Wildman–Crippen MR) is 113 cm³/mol. The van der Waals surface area contributed by atoms with E-state index in [1.165, 1.54) is 4.90 Å². The zero-order valence-electron chi connectivity index (χ0n) is 18.1.